The smallest absolute Gasteiger partial charge is 0.0862 e. The van der Waals surface area contributed by atoms with E-state index < -0.39 is 0 Å². The van der Waals surface area contributed by atoms with Gasteiger partial charge in [0.1, 0.15) is 0 Å². The van der Waals surface area contributed by atoms with Crippen LogP contribution < -0.4 is 0 Å². The van der Waals surface area contributed by atoms with Crippen LogP contribution in [0.5, 0.6) is 0 Å². The van der Waals surface area contributed by atoms with Gasteiger partial charge in [-0.1, -0.05) is 12.8 Å². The lowest BCUT2D eigenvalue weighted by Gasteiger charge is -2.25. The minimum atomic E-state index is -0.0683. The molecule has 2 aliphatic rings. The Labute approximate surface area is 61.2 Å². The summed E-state index contributed by atoms with van der Waals surface area (Å²) in [5, 5.41) is 9.50. The summed E-state index contributed by atoms with van der Waals surface area (Å²) in [6, 6.07) is 0. The van der Waals surface area contributed by atoms with Crippen LogP contribution in [-0.2, 0) is 4.74 Å². The van der Waals surface area contributed by atoms with Gasteiger partial charge < -0.3 is 9.84 Å². The molecule has 2 fully saturated rings. The Hall–Kier alpha value is -0.0800. The van der Waals surface area contributed by atoms with E-state index in [-0.39, 0.29) is 6.10 Å². The van der Waals surface area contributed by atoms with Crippen molar-refractivity contribution in [2.45, 2.75) is 37.9 Å². The quantitative estimate of drug-likeness (QED) is 0.552. The summed E-state index contributed by atoms with van der Waals surface area (Å²) in [6.45, 7) is 0.891. The maximum absolute atomic E-state index is 9.50. The highest BCUT2D eigenvalue weighted by atomic mass is 16.6. The molecule has 0 aromatic carbocycles. The molecule has 1 heterocycles. The minimum Gasteiger partial charge on any atom is -0.393 e. The average molecular weight is 142 g/mol. The average Bonchev–Trinajstić information content (AvgIpc) is 2.71. The standard InChI is InChI=1S/C8H14O2/c9-7-4-2-1-3-6(7)8-5-10-8/h6-9H,1-5H2. The topological polar surface area (TPSA) is 32.8 Å². The van der Waals surface area contributed by atoms with Crippen LogP contribution in [0.15, 0.2) is 0 Å². The van der Waals surface area contributed by atoms with Gasteiger partial charge in [-0.15, -0.1) is 0 Å². The molecule has 0 amide bonds. The third-order valence-corrected chi connectivity index (χ3v) is 2.62. The second-order valence-electron chi connectivity index (χ2n) is 3.39. The van der Waals surface area contributed by atoms with Crippen molar-refractivity contribution in [2.24, 2.45) is 5.92 Å². The molecule has 1 saturated heterocycles. The summed E-state index contributed by atoms with van der Waals surface area (Å²) in [6.07, 6.45) is 4.99. The zero-order valence-corrected chi connectivity index (χ0v) is 6.12. The van der Waals surface area contributed by atoms with E-state index >= 15 is 0 Å². The molecule has 58 valence electrons. The predicted octanol–water partition coefficient (Wildman–Crippen LogP) is 0.936. The van der Waals surface area contributed by atoms with Crippen LogP contribution >= 0.6 is 0 Å². The Kier molecular flexibility index (Phi) is 1.66. The van der Waals surface area contributed by atoms with E-state index in [0.717, 1.165) is 13.0 Å². The van der Waals surface area contributed by atoms with Crippen molar-refractivity contribution in [2.75, 3.05) is 6.61 Å². The summed E-state index contributed by atoms with van der Waals surface area (Å²) in [5.74, 6) is 0.466. The fourth-order valence-corrected chi connectivity index (χ4v) is 1.88. The van der Waals surface area contributed by atoms with E-state index in [9.17, 15) is 5.11 Å². The Bertz CT molecular complexity index is 120. The number of rotatable bonds is 1. The first-order chi connectivity index (χ1) is 4.88. The number of hydrogen-bond acceptors (Lipinski definition) is 2. The van der Waals surface area contributed by atoms with Crippen LogP contribution in [0.25, 0.3) is 0 Å². The Balaban J connectivity index is 1.90. The van der Waals surface area contributed by atoms with Gasteiger partial charge in [-0.2, -0.15) is 0 Å². The number of aliphatic hydroxyl groups excluding tert-OH is 1. The van der Waals surface area contributed by atoms with Crippen molar-refractivity contribution < 1.29 is 9.84 Å². The summed E-state index contributed by atoms with van der Waals surface area (Å²) < 4.78 is 5.16. The van der Waals surface area contributed by atoms with Crippen LogP contribution in [0.4, 0.5) is 0 Å². The van der Waals surface area contributed by atoms with E-state index in [1.54, 1.807) is 0 Å². The van der Waals surface area contributed by atoms with Crippen LogP contribution in [0.2, 0.25) is 0 Å². The third-order valence-electron chi connectivity index (χ3n) is 2.62. The number of aliphatic hydroxyl groups is 1. The summed E-state index contributed by atoms with van der Waals surface area (Å²) in [7, 11) is 0. The summed E-state index contributed by atoms with van der Waals surface area (Å²) >= 11 is 0. The molecule has 0 aromatic heterocycles. The molecule has 10 heavy (non-hydrogen) atoms. The Morgan fingerprint density at radius 3 is 2.50 bits per heavy atom. The van der Waals surface area contributed by atoms with Gasteiger partial charge in [0, 0.05) is 5.92 Å². The number of ether oxygens (including phenoxy) is 1. The fraction of sp³-hybridized carbons (Fsp3) is 1.00. The van der Waals surface area contributed by atoms with Gasteiger partial charge in [0.25, 0.3) is 0 Å². The third kappa shape index (κ3) is 1.18. The van der Waals surface area contributed by atoms with Crippen molar-refractivity contribution >= 4 is 0 Å². The normalized spacial score (nSPS) is 47.1. The van der Waals surface area contributed by atoms with Crippen LogP contribution in [-0.4, -0.2) is 23.9 Å². The van der Waals surface area contributed by atoms with E-state index in [2.05, 4.69) is 0 Å². The highest BCUT2D eigenvalue weighted by Crippen LogP contribution is 2.33. The Morgan fingerprint density at radius 2 is 1.90 bits per heavy atom. The van der Waals surface area contributed by atoms with Crippen molar-refractivity contribution in [3.63, 3.8) is 0 Å². The van der Waals surface area contributed by atoms with E-state index in [4.69, 9.17) is 4.74 Å². The molecule has 1 N–H and O–H groups in total. The molecule has 3 atom stereocenters. The first-order valence-electron chi connectivity index (χ1n) is 4.17. The molecule has 0 aromatic rings. The van der Waals surface area contributed by atoms with Gasteiger partial charge in [0.2, 0.25) is 0 Å². The van der Waals surface area contributed by atoms with Crippen LogP contribution in [0, 0.1) is 5.92 Å². The zero-order valence-electron chi connectivity index (χ0n) is 6.12. The largest absolute Gasteiger partial charge is 0.393 e. The number of hydrogen-bond donors (Lipinski definition) is 1. The molecule has 3 unspecified atom stereocenters. The van der Waals surface area contributed by atoms with Crippen LogP contribution in [0.1, 0.15) is 25.7 Å². The maximum atomic E-state index is 9.50. The molecule has 2 heteroatoms. The maximum Gasteiger partial charge on any atom is 0.0862 e. The van der Waals surface area contributed by atoms with Gasteiger partial charge in [0.05, 0.1) is 18.8 Å². The van der Waals surface area contributed by atoms with Gasteiger partial charge in [-0.25, -0.2) is 0 Å². The van der Waals surface area contributed by atoms with Gasteiger partial charge in [-0.05, 0) is 12.8 Å². The first-order valence-corrected chi connectivity index (χ1v) is 4.17. The van der Waals surface area contributed by atoms with Crippen molar-refractivity contribution in [3.05, 3.63) is 0 Å². The lowest BCUT2D eigenvalue weighted by molar-refractivity contribution is 0.0539. The van der Waals surface area contributed by atoms with E-state index in [1.165, 1.54) is 19.3 Å². The highest BCUT2D eigenvalue weighted by Gasteiger charge is 2.38. The van der Waals surface area contributed by atoms with Gasteiger partial charge >= 0.3 is 0 Å². The SMILES string of the molecule is OC1CCCCC1C1CO1. The lowest BCUT2D eigenvalue weighted by Crippen LogP contribution is -2.28. The fourth-order valence-electron chi connectivity index (χ4n) is 1.88. The molecule has 1 aliphatic carbocycles. The Morgan fingerprint density at radius 1 is 1.20 bits per heavy atom. The van der Waals surface area contributed by atoms with Gasteiger partial charge in [-0.3, -0.25) is 0 Å². The van der Waals surface area contributed by atoms with E-state index in [1.807, 2.05) is 0 Å². The first kappa shape index (κ1) is 6.62. The zero-order chi connectivity index (χ0) is 6.97. The minimum absolute atomic E-state index is 0.0683. The van der Waals surface area contributed by atoms with Crippen molar-refractivity contribution in [1.29, 1.82) is 0 Å². The molecule has 1 saturated carbocycles. The van der Waals surface area contributed by atoms with Gasteiger partial charge in [0.15, 0.2) is 0 Å². The van der Waals surface area contributed by atoms with Crippen molar-refractivity contribution in [3.8, 4) is 0 Å². The molecular formula is C8H14O2. The monoisotopic (exact) mass is 142 g/mol. The molecular weight excluding hydrogens is 128 g/mol. The van der Waals surface area contributed by atoms with E-state index in [0.29, 0.717) is 12.0 Å². The predicted molar refractivity (Wildman–Crippen MR) is 37.7 cm³/mol. The molecule has 1 aliphatic heterocycles. The highest BCUT2D eigenvalue weighted by molar-refractivity contribution is 4.86. The summed E-state index contributed by atoms with van der Waals surface area (Å²) in [5.41, 5.74) is 0. The molecule has 0 spiro atoms. The second-order valence-corrected chi connectivity index (χ2v) is 3.39. The van der Waals surface area contributed by atoms with Crippen LogP contribution in [0.3, 0.4) is 0 Å². The molecule has 0 bridgehead atoms. The van der Waals surface area contributed by atoms with Crippen molar-refractivity contribution in [1.82, 2.24) is 0 Å². The molecule has 2 rings (SSSR count). The summed E-state index contributed by atoms with van der Waals surface area (Å²) in [4.78, 5) is 0. The molecule has 2 nitrogen and oxygen atoms in total. The molecule has 0 radical (unpaired) electrons. The second kappa shape index (κ2) is 2.51. The number of epoxide rings is 1. The lowest BCUT2D eigenvalue weighted by atomic mass is 9.84.